The van der Waals surface area contributed by atoms with Crippen LogP contribution in [0.4, 0.5) is 0 Å². The summed E-state index contributed by atoms with van der Waals surface area (Å²) in [4.78, 5) is 2.67. The third-order valence-electron chi connectivity index (χ3n) is 4.62. The van der Waals surface area contributed by atoms with Gasteiger partial charge >= 0.3 is 0 Å². The van der Waals surface area contributed by atoms with Crippen molar-refractivity contribution in [1.82, 2.24) is 4.90 Å². The third kappa shape index (κ3) is 2.42. The highest BCUT2D eigenvalue weighted by atomic mass is 15.2. The summed E-state index contributed by atoms with van der Waals surface area (Å²) in [7, 11) is 0. The molecule has 0 amide bonds. The first-order chi connectivity index (χ1) is 7.60. The number of rotatable bonds is 4. The number of nitrogens with zero attached hydrogens (tertiary/aromatic N) is 1. The molecule has 4 atom stereocenters. The van der Waals surface area contributed by atoms with Crippen LogP contribution in [0.2, 0.25) is 0 Å². The topological polar surface area (TPSA) is 29.3 Å². The van der Waals surface area contributed by atoms with Crippen LogP contribution in [0.15, 0.2) is 12.3 Å². The molecule has 1 heterocycles. The van der Waals surface area contributed by atoms with E-state index in [0.29, 0.717) is 5.92 Å². The van der Waals surface area contributed by atoms with Gasteiger partial charge in [-0.3, -0.25) is 0 Å². The lowest BCUT2D eigenvalue weighted by atomic mass is 10.0. The Morgan fingerprint density at radius 1 is 1.38 bits per heavy atom. The van der Waals surface area contributed by atoms with Crippen LogP contribution in [0.5, 0.6) is 0 Å². The highest BCUT2D eigenvalue weighted by Crippen LogP contribution is 2.43. The molecule has 1 saturated heterocycles. The fourth-order valence-electron chi connectivity index (χ4n) is 3.42. The molecule has 16 heavy (non-hydrogen) atoms. The molecule has 2 unspecified atom stereocenters. The summed E-state index contributed by atoms with van der Waals surface area (Å²) in [5.41, 5.74) is 6.75. The molecule has 2 nitrogen and oxygen atoms in total. The lowest BCUT2D eigenvalue weighted by molar-refractivity contribution is 0.259. The minimum atomic E-state index is 0.612. The van der Waals surface area contributed by atoms with Crippen LogP contribution in [0.25, 0.3) is 0 Å². The van der Waals surface area contributed by atoms with E-state index >= 15 is 0 Å². The van der Waals surface area contributed by atoms with Crippen LogP contribution in [0.3, 0.4) is 0 Å². The maximum Gasteiger partial charge on any atom is 0.00392 e. The second kappa shape index (κ2) is 4.79. The van der Waals surface area contributed by atoms with Crippen LogP contribution in [-0.2, 0) is 0 Å². The fraction of sp³-hybridized carbons (Fsp3) is 0.857. The fourth-order valence-corrected chi connectivity index (χ4v) is 3.42. The average Bonchev–Trinajstić information content (AvgIpc) is 2.74. The van der Waals surface area contributed by atoms with Gasteiger partial charge in [0.2, 0.25) is 0 Å². The minimum absolute atomic E-state index is 0.612. The van der Waals surface area contributed by atoms with E-state index in [1.54, 1.807) is 0 Å². The highest BCUT2D eigenvalue weighted by molar-refractivity contribution is 5.04. The van der Waals surface area contributed by atoms with Crippen molar-refractivity contribution in [3.63, 3.8) is 0 Å². The predicted molar refractivity (Wildman–Crippen MR) is 68.9 cm³/mol. The standard InChI is InChI=1S/C14H26N2/c1-4-10(2)7-16-8-13-5-12(11(3)15)6-14(13)9-16/h10,12-14H,3-9,15H2,1-2H3/t10?,12?,13-,14+. The van der Waals surface area contributed by atoms with E-state index in [9.17, 15) is 0 Å². The summed E-state index contributed by atoms with van der Waals surface area (Å²) in [5.74, 6) is 3.25. The highest BCUT2D eigenvalue weighted by Gasteiger charge is 2.41. The zero-order chi connectivity index (χ0) is 11.7. The Balaban J connectivity index is 1.82. The van der Waals surface area contributed by atoms with E-state index in [2.05, 4.69) is 25.3 Å². The molecular weight excluding hydrogens is 196 g/mol. The molecule has 2 fully saturated rings. The second-order valence-electron chi connectivity index (χ2n) is 6.00. The quantitative estimate of drug-likeness (QED) is 0.791. The number of likely N-dealkylation sites (tertiary alicyclic amines) is 1. The number of hydrogen-bond acceptors (Lipinski definition) is 2. The molecule has 0 aromatic rings. The first kappa shape index (κ1) is 12.0. The van der Waals surface area contributed by atoms with Gasteiger partial charge < -0.3 is 10.6 Å². The SMILES string of the molecule is C=C(N)C1C[C@@H]2CN(CC(C)CC)C[C@@H]2C1. The summed E-state index contributed by atoms with van der Waals surface area (Å²) in [6.07, 6.45) is 3.88. The summed E-state index contributed by atoms with van der Waals surface area (Å²) < 4.78 is 0. The van der Waals surface area contributed by atoms with Crippen molar-refractivity contribution >= 4 is 0 Å². The van der Waals surface area contributed by atoms with Crippen molar-refractivity contribution in [2.45, 2.75) is 33.1 Å². The van der Waals surface area contributed by atoms with Crippen molar-refractivity contribution in [2.24, 2.45) is 29.4 Å². The van der Waals surface area contributed by atoms with Gasteiger partial charge in [-0.2, -0.15) is 0 Å². The summed E-state index contributed by atoms with van der Waals surface area (Å²) in [6, 6.07) is 0. The number of fused-ring (bicyclic) bond motifs is 1. The molecule has 2 heteroatoms. The van der Waals surface area contributed by atoms with Crippen molar-refractivity contribution < 1.29 is 0 Å². The Hall–Kier alpha value is -0.500. The Kier molecular flexibility index (Phi) is 3.58. The van der Waals surface area contributed by atoms with E-state index in [1.807, 2.05) is 0 Å². The molecule has 1 aliphatic heterocycles. The largest absolute Gasteiger partial charge is 0.402 e. The number of hydrogen-bond donors (Lipinski definition) is 1. The zero-order valence-corrected chi connectivity index (χ0v) is 10.8. The first-order valence-corrected chi connectivity index (χ1v) is 6.76. The van der Waals surface area contributed by atoms with Gasteiger partial charge in [0.05, 0.1) is 0 Å². The molecule has 0 bridgehead atoms. The molecule has 0 radical (unpaired) electrons. The maximum atomic E-state index is 5.83. The molecule has 2 N–H and O–H groups in total. The number of allylic oxidation sites excluding steroid dienone is 1. The second-order valence-corrected chi connectivity index (χ2v) is 6.00. The first-order valence-electron chi connectivity index (χ1n) is 6.76. The van der Waals surface area contributed by atoms with Gasteiger partial charge in [-0.05, 0) is 36.5 Å². The summed E-state index contributed by atoms with van der Waals surface area (Å²) >= 11 is 0. The Morgan fingerprint density at radius 2 is 1.94 bits per heavy atom. The van der Waals surface area contributed by atoms with Gasteiger partial charge in [-0.1, -0.05) is 26.8 Å². The third-order valence-corrected chi connectivity index (χ3v) is 4.62. The zero-order valence-electron chi connectivity index (χ0n) is 10.8. The Labute approximate surface area is 99.9 Å². The van der Waals surface area contributed by atoms with Crippen molar-refractivity contribution in [3.05, 3.63) is 12.3 Å². The van der Waals surface area contributed by atoms with Gasteiger partial charge in [-0.25, -0.2) is 0 Å². The Morgan fingerprint density at radius 3 is 2.38 bits per heavy atom. The van der Waals surface area contributed by atoms with Crippen LogP contribution < -0.4 is 5.73 Å². The van der Waals surface area contributed by atoms with E-state index < -0.39 is 0 Å². The van der Waals surface area contributed by atoms with Crippen molar-refractivity contribution in [3.8, 4) is 0 Å². The maximum absolute atomic E-state index is 5.83. The molecule has 2 rings (SSSR count). The van der Waals surface area contributed by atoms with Crippen LogP contribution in [-0.4, -0.2) is 24.5 Å². The summed E-state index contributed by atoms with van der Waals surface area (Å²) in [6.45, 7) is 12.5. The minimum Gasteiger partial charge on any atom is -0.402 e. The average molecular weight is 222 g/mol. The molecule has 0 spiro atoms. The van der Waals surface area contributed by atoms with E-state index in [0.717, 1.165) is 23.5 Å². The van der Waals surface area contributed by atoms with Gasteiger partial charge in [0.1, 0.15) is 0 Å². The lowest BCUT2D eigenvalue weighted by Gasteiger charge is -2.21. The molecule has 1 aliphatic carbocycles. The van der Waals surface area contributed by atoms with Crippen LogP contribution >= 0.6 is 0 Å². The summed E-state index contributed by atoms with van der Waals surface area (Å²) in [5, 5.41) is 0. The van der Waals surface area contributed by atoms with E-state index in [4.69, 9.17) is 5.73 Å². The van der Waals surface area contributed by atoms with Gasteiger partial charge in [0, 0.05) is 25.3 Å². The molecule has 2 aliphatic rings. The van der Waals surface area contributed by atoms with Gasteiger partial charge in [-0.15, -0.1) is 0 Å². The predicted octanol–water partition coefficient (Wildman–Crippen LogP) is 2.46. The van der Waals surface area contributed by atoms with Gasteiger partial charge in [0.25, 0.3) is 0 Å². The van der Waals surface area contributed by atoms with E-state index in [-0.39, 0.29) is 0 Å². The Bertz CT molecular complexity index is 247. The molecule has 92 valence electrons. The molecule has 0 aromatic heterocycles. The number of nitrogens with two attached hydrogens (primary N) is 1. The molecule has 0 aromatic carbocycles. The monoisotopic (exact) mass is 222 g/mol. The molecule has 1 saturated carbocycles. The lowest BCUT2D eigenvalue weighted by Crippen LogP contribution is -2.27. The van der Waals surface area contributed by atoms with Crippen LogP contribution in [0, 0.1) is 23.7 Å². The van der Waals surface area contributed by atoms with Crippen molar-refractivity contribution in [2.75, 3.05) is 19.6 Å². The van der Waals surface area contributed by atoms with Crippen LogP contribution in [0.1, 0.15) is 33.1 Å². The normalized spacial score (nSPS) is 36.2. The van der Waals surface area contributed by atoms with E-state index in [1.165, 1.54) is 38.9 Å². The van der Waals surface area contributed by atoms with Crippen molar-refractivity contribution in [1.29, 1.82) is 0 Å². The van der Waals surface area contributed by atoms with Gasteiger partial charge in [0.15, 0.2) is 0 Å². The smallest absolute Gasteiger partial charge is 0.00392 e. The molecular formula is C14H26N2.